The Bertz CT molecular complexity index is 839. The van der Waals surface area contributed by atoms with Crippen LogP contribution in [-0.2, 0) is 4.79 Å². The Balaban J connectivity index is 1.87. The summed E-state index contributed by atoms with van der Waals surface area (Å²) in [6.07, 6.45) is 3.79. The molecular weight excluding hydrogens is 264 g/mol. The number of amides is 1. The maximum atomic E-state index is 11.7. The lowest BCUT2D eigenvalue weighted by atomic mass is 10.2. The number of carbonyl (C=O) groups excluding carboxylic acids is 1. The van der Waals surface area contributed by atoms with Crippen LogP contribution in [0.25, 0.3) is 21.9 Å². The van der Waals surface area contributed by atoms with Gasteiger partial charge in [-0.3, -0.25) is 9.78 Å². The van der Waals surface area contributed by atoms with E-state index in [0.717, 1.165) is 47.1 Å². The fourth-order valence-electron chi connectivity index (χ4n) is 3.23. The van der Waals surface area contributed by atoms with E-state index in [1.54, 1.807) is 13.1 Å². The number of likely N-dealkylation sites (tertiary alicyclic amines) is 1. The zero-order chi connectivity index (χ0) is 14.4. The molecule has 21 heavy (non-hydrogen) atoms. The minimum atomic E-state index is 0.0709. The Morgan fingerprint density at radius 1 is 1.38 bits per heavy atom. The van der Waals surface area contributed by atoms with Gasteiger partial charge in [-0.15, -0.1) is 0 Å². The van der Waals surface area contributed by atoms with Gasteiger partial charge in [-0.2, -0.15) is 0 Å². The molecule has 0 spiro atoms. The molecule has 1 aliphatic rings. The van der Waals surface area contributed by atoms with Crippen molar-refractivity contribution < 1.29 is 4.79 Å². The lowest BCUT2D eigenvalue weighted by Crippen LogP contribution is -2.28. The number of pyridine rings is 1. The van der Waals surface area contributed by atoms with E-state index in [1.165, 1.54) is 0 Å². The molecule has 0 aliphatic carbocycles. The average Bonchev–Trinajstić information content (AvgIpc) is 3.13. The number of hydrogen-bond acceptors (Lipinski definition) is 3. The third-order valence-corrected chi connectivity index (χ3v) is 4.22. The fourth-order valence-corrected chi connectivity index (χ4v) is 3.23. The van der Waals surface area contributed by atoms with Gasteiger partial charge in [-0.05, 0) is 37.1 Å². The third-order valence-electron chi connectivity index (χ3n) is 4.22. The molecule has 1 atom stereocenters. The molecule has 3 heterocycles. The summed E-state index contributed by atoms with van der Waals surface area (Å²) in [5.41, 5.74) is 2.88. The van der Waals surface area contributed by atoms with E-state index in [4.69, 9.17) is 4.98 Å². The highest BCUT2D eigenvalue weighted by Crippen LogP contribution is 2.32. The largest absolute Gasteiger partial charge is 0.340 e. The lowest BCUT2D eigenvalue weighted by Gasteiger charge is -2.21. The second kappa shape index (κ2) is 4.55. The standard InChI is InChI=1S/C16H16N4O/c1-10(21)20-9-3-5-14(20)16-18-13-7-6-12-11(15(13)19-16)4-2-8-17-12/h2,4,6-8,14H,3,5,9H2,1H3,(H,18,19)/t14-/m0/s1. The van der Waals surface area contributed by atoms with Crippen molar-refractivity contribution in [2.24, 2.45) is 0 Å². The van der Waals surface area contributed by atoms with E-state index in [2.05, 4.69) is 9.97 Å². The highest BCUT2D eigenvalue weighted by atomic mass is 16.2. The molecule has 1 fully saturated rings. The quantitative estimate of drug-likeness (QED) is 0.745. The van der Waals surface area contributed by atoms with Crippen molar-refractivity contribution in [2.45, 2.75) is 25.8 Å². The second-order valence-corrected chi connectivity index (χ2v) is 5.52. The van der Waals surface area contributed by atoms with Crippen molar-refractivity contribution in [3.63, 3.8) is 0 Å². The number of aromatic nitrogens is 3. The van der Waals surface area contributed by atoms with Crippen molar-refractivity contribution in [1.82, 2.24) is 19.9 Å². The summed E-state index contributed by atoms with van der Waals surface area (Å²) in [6.45, 7) is 2.44. The molecule has 1 amide bonds. The van der Waals surface area contributed by atoms with Gasteiger partial charge in [0.15, 0.2) is 0 Å². The number of nitrogens with one attached hydrogen (secondary N) is 1. The van der Waals surface area contributed by atoms with Crippen LogP contribution in [-0.4, -0.2) is 32.3 Å². The minimum absolute atomic E-state index is 0.0709. The average molecular weight is 280 g/mol. The van der Waals surface area contributed by atoms with Crippen LogP contribution in [0, 0.1) is 0 Å². The van der Waals surface area contributed by atoms with Crippen LogP contribution >= 0.6 is 0 Å². The van der Waals surface area contributed by atoms with Crippen LogP contribution in [0.2, 0.25) is 0 Å². The summed E-state index contributed by atoms with van der Waals surface area (Å²) in [7, 11) is 0. The second-order valence-electron chi connectivity index (χ2n) is 5.52. The Hall–Kier alpha value is -2.43. The van der Waals surface area contributed by atoms with Crippen LogP contribution < -0.4 is 0 Å². The summed E-state index contributed by atoms with van der Waals surface area (Å²) in [4.78, 5) is 26.1. The van der Waals surface area contributed by atoms with Gasteiger partial charge in [0.2, 0.25) is 5.91 Å². The molecule has 5 nitrogen and oxygen atoms in total. The van der Waals surface area contributed by atoms with E-state index >= 15 is 0 Å². The van der Waals surface area contributed by atoms with Gasteiger partial charge < -0.3 is 9.88 Å². The molecule has 106 valence electrons. The summed E-state index contributed by atoms with van der Waals surface area (Å²) in [5.74, 6) is 0.999. The normalized spacial score (nSPS) is 18.7. The Morgan fingerprint density at radius 3 is 3.14 bits per heavy atom. The molecule has 5 heteroatoms. The highest BCUT2D eigenvalue weighted by Gasteiger charge is 2.30. The number of aromatic amines is 1. The van der Waals surface area contributed by atoms with E-state index < -0.39 is 0 Å². The summed E-state index contributed by atoms with van der Waals surface area (Å²) in [5, 5.41) is 1.05. The van der Waals surface area contributed by atoms with Gasteiger partial charge in [0.25, 0.3) is 0 Å². The van der Waals surface area contributed by atoms with Gasteiger partial charge in [-0.25, -0.2) is 4.98 Å². The monoisotopic (exact) mass is 280 g/mol. The maximum absolute atomic E-state index is 11.7. The molecule has 3 aromatic rings. The predicted molar refractivity (Wildman–Crippen MR) is 80.8 cm³/mol. The number of nitrogens with zero attached hydrogens (tertiary/aromatic N) is 3. The van der Waals surface area contributed by atoms with Crippen LogP contribution in [0.3, 0.4) is 0 Å². The first-order valence-electron chi connectivity index (χ1n) is 7.24. The fraction of sp³-hybridized carbons (Fsp3) is 0.312. The van der Waals surface area contributed by atoms with Crippen molar-refractivity contribution >= 4 is 27.8 Å². The Morgan fingerprint density at radius 2 is 2.29 bits per heavy atom. The topological polar surface area (TPSA) is 61.9 Å². The summed E-state index contributed by atoms with van der Waals surface area (Å²) in [6, 6.07) is 8.03. The van der Waals surface area contributed by atoms with Gasteiger partial charge in [-0.1, -0.05) is 0 Å². The zero-order valence-electron chi connectivity index (χ0n) is 11.8. The van der Waals surface area contributed by atoms with Crippen molar-refractivity contribution in [3.05, 3.63) is 36.3 Å². The summed E-state index contributed by atoms with van der Waals surface area (Å²) >= 11 is 0. The SMILES string of the molecule is CC(=O)N1CCC[C@H]1c1nc2c(ccc3ncccc32)[nH]1. The van der Waals surface area contributed by atoms with Gasteiger partial charge >= 0.3 is 0 Å². The lowest BCUT2D eigenvalue weighted by molar-refractivity contribution is -0.129. The highest BCUT2D eigenvalue weighted by molar-refractivity contribution is 6.02. The van der Waals surface area contributed by atoms with Crippen molar-refractivity contribution in [3.8, 4) is 0 Å². The molecule has 0 unspecified atom stereocenters. The number of carbonyl (C=O) groups is 1. The van der Waals surface area contributed by atoms with E-state index in [-0.39, 0.29) is 11.9 Å². The van der Waals surface area contributed by atoms with Crippen molar-refractivity contribution in [2.75, 3.05) is 6.54 Å². The number of H-pyrrole nitrogens is 1. The molecular formula is C16H16N4O. The van der Waals surface area contributed by atoms with Crippen LogP contribution in [0.1, 0.15) is 31.6 Å². The minimum Gasteiger partial charge on any atom is -0.340 e. The van der Waals surface area contributed by atoms with E-state index in [9.17, 15) is 4.79 Å². The molecule has 1 N–H and O–H groups in total. The van der Waals surface area contributed by atoms with Crippen LogP contribution in [0.15, 0.2) is 30.5 Å². The smallest absolute Gasteiger partial charge is 0.220 e. The van der Waals surface area contributed by atoms with E-state index in [0.29, 0.717) is 0 Å². The number of fused-ring (bicyclic) bond motifs is 3. The molecule has 0 bridgehead atoms. The Labute approximate surface area is 122 Å². The summed E-state index contributed by atoms with van der Waals surface area (Å²) < 4.78 is 0. The van der Waals surface area contributed by atoms with Gasteiger partial charge in [0, 0.05) is 25.1 Å². The van der Waals surface area contributed by atoms with Crippen LogP contribution in [0.5, 0.6) is 0 Å². The van der Waals surface area contributed by atoms with Gasteiger partial charge in [0.05, 0.1) is 22.6 Å². The number of rotatable bonds is 1. The molecule has 0 saturated carbocycles. The first-order chi connectivity index (χ1) is 10.2. The number of benzene rings is 1. The molecule has 1 aromatic carbocycles. The Kier molecular flexibility index (Phi) is 2.67. The number of imidazole rings is 1. The molecule has 0 radical (unpaired) electrons. The molecule has 2 aromatic heterocycles. The van der Waals surface area contributed by atoms with Crippen molar-refractivity contribution in [1.29, 1.82) is 0 Å². The maximum Gasteiger partial charge on any atom is 0.220 e. The molecule has 1 saturated heterocycles. The number of hydrogen-bond donors (Lipinski definition) is 1. The predicted octanol–water partition coefficient (Wildman–Crippen LogP) is 2.79. The zero-order valence-corrected chi connectivity index (χ0v) is 11.8. The first kappa shape index (κ1) is 12.3. The van der Waals surface area contributed by atoms with Crippen LogP contribution in [0.4, 0.5) is 0 Å². The van der Waals surface area contributed by atoms with Gasteiger partial charge in [0.1, 0.15) is 5.82 Å². The van der Waals surface area contributed by atoms with E-state index in [1.807, 2.05) is 29.2 Å². The molecule has 4 rings (SSSR count). The third kappa shape index (κ3) is 1.88. The molecule has 1 aliphatic heterocycles. The first-order valence-corrected chi connectivity index (χ1v) is 7.24.